The van der Waals surface area contributed by atoms with Gasteiger partial charge in [0.2, 0.25) is 0 Å². The number of esters is 1. The maximum absolute atomic E-state index is 10.3. The van der Waals surface area contributed by atoms with Crippen molar-refractivity contribution < 1.29 is 14.3 Å². The third kappa shape index (κ3) is 4.83. The van der Waals surface area contributed by atoms with E-state index in [1.54, 1.807) is 0 Å². The van der Waals surface area contributed by atoms with E-state index in [1.165, 1.54) is 25.7 Å². The molecule has 0 saturated heterocycles. The van der Waals surface area contributed by atoms with E-state index in [2.05, 4.69) is 10.1 Å². The van der Waals surface area contributed by atoms with Crippen LogP contribution in [0.15, 0.2) is 12.2 Å². The van der Waals surface area contributed by atoms with Crippen molar-refractivity contribution in [3.63, 3.8) is 0 Å². The summed E-state index contributed by atoms with van der Waals surface area (Å²) in [7, 11) is 1.28. The lowest BCUT2D eigenvalue weighted by atomic mass is 10.5. The molecule has 0 atom stereocenters. The second-order valence-corrected chi connectivity index (χ2v) is 1.41. The van der Waals surface area contributed by atoms with Crippen molar-refractivity contribution >= 4 is 12.4 Å². The zero-order chi connectivity index (χ0) is 7.82. The number of amides is 1. The normalized spacial score (nSPS) is 9.30. The molecule has 0 aliphatic carbocycles. The van der Waals surface area contributed by atoms with Crippen LogP contribution < -0.4 is 5.32 Å². The molecule has 0 spiro atoms. The first-order chi connectivity index (χ1) is 4.81. The molecular formula is C6H8NO3. The quantitative estimate of drug-likeness (QED) is 0.246. The zero-order valence-electron chi connectivity index (χ0n) is 5.59. The van der Waals surface area contributed by atoms with Crippen molar-refractivity contribution in [2.24, 2.45) is 0 Å². The van der Waals surface area contributed by atoms with E-state index in [0.717, 1.165) is 0 Å². The van der Waals surface area contributed by atoms with Gasteiger partial charge in [0.05, 0.1) is 7.11 Å². The monoisotopic (exact) mass is 142 g/mol. The highest BCUT2D eigenvalue weighted by Gasteiger charge is 1.87. The summed E-state index contributed by atoms with van der Waals surface area (Å²) in [6.07, 6.45) is 4.15. The smallest absolute Gasteiger partial charge is 0.330 e. The van der Waals surface area contributed by atoms with Gasteiger partial charge in [-0.3, -0.25) is 4.79 Å². The number of hydrogen-bond acceptors (Lipinski definition) is 3. The van der Waals surface area contributed by atoms with Crippen LogP contribution in [0.2, 0.25) is 0 Å². The Morgan fingerprint density at radius 3 is 3.00 bits per heavy atom. The van der Waals surface area contributed by atoms with Gasteiger partial charge in [0, 0.05) is 12.6 Å². The largest absolute Gasteiger partial charge is 0.466 e. The minimum atomic E-state index is -0.437. The average Bonchev–Trinajstić information content (AvgIpc) is 1.98. The van der Waals surface area contributed by atoms with Gasteiger partial charge in [-0.2, -0.15) is 0 Å². The standard InChI is InChI=1S/C6H8NO3/c1-10-6(9)3-2-4-7-5-8/h2-3H,4H2,1H3,(H,7,8)/b3-2+. The Morgan fingerprint density at radius 1 is 1.80 bits per heavy atom. The fraction of sp³-hybridized carbons (Fsp3) is 0.333. The number of rotatable bonds is 4. The number of nitrogens with one attached hydrogen (secondary N) is 1. The summed E-state index contributed by atoms with van der Waals surface area (Å²) in [6.45, 7) is 0.290. The predicted octanol–water partition coefficient (Wildman–Crippen LogP) is -0.628. The molecule has 55 valence electrons. The van der Waals surface area contributed by atoms with Crippen molar-refractivity contribution in [2.45, 2.75) is 0 Å². The topological polar surface area (TPSA) is 55.4 Å². The highest BCUT2D eigenvalue weighted by molar-refractivity contribution is 5.81. The van der Waals surface area contributed by atoms with Gasteiger partial charge < -0.3 is 10.1 Å². The second kappa shape index (κ2) is 5.81. The molecule has 0 aliphatic heterocycles. The summed E-state index contributed by atoms with van der Waals surface area (Å²) < 4.78 is 4.28. The lowest BCUT2D eigenvalue weighted by Gasteiger charge is -1.88. The third-order valence-corrected chi connectivity index (χ3v) is 0.747. The summed E-state index contributed by atoms with van der Waals surface area (Å²) in [6, 6.07) is 0. The second-order valence-electron chi connectivity index (χ2n) is 1.41. The summed E-state index contributed by atoms with van der Waals surface area (Å²) >= 11 is 0. The Labute approximate surface area is 58.9 Å². The Hall–Kier alpha value is -1.32. The molecule has 0 aromatic heterocycles. The molecule has 1 N–H and O–H groups in total. The van der Waals surface area contributed by atoms with E-state index in [-0.39, 0.29) is 0 Å². The first-order valence-corrected chi connectivity index (χ1v) is 2.65. The maximum atomic E-state index is 10.3. The fourth-order valence-electron chi connectivity index (χ4n) is 0.324. The predicted molar refractivity (Wildman–Crippen MR) is 34.9 cm³/mol. The molecule has 0 aliphatic rings. The van der Waals surface area contributed by atoms with Crippen molar-refractivity contribution in [1.29, 1.82) is 0 Å². The molecule has 0 aromatic rings. The Bertz CT molecular complexity index is 142. The van der Waals surface area contributed by atoms with Gasteiger partial charge in [-0.05, 0) is 0 Å². The van der Waals surface area contributed by atoms with E-state index in [1.807, 2.05) is 0 Å². The molecule has 0 bridgehead atoms. The van der Waals surface area contributed by atoms with Crippen molar-refractivity contribution in [3.05, 3.63) is 12.2 Å². The first kappa shape index (κ1) is 8.68. The lowest BCUT2D eigenvalue weighted by Crippen LogP contribution is -2.09. The zero-order valence-corrected chi connectivity index (χ0v) is 5.59. The molecule has 4 nitrogen and oxygen atoms in total. The summed E-state index contributed by atoms with van der Waals surface area (Å²) in [5, 5.41) is 2.23. The number of ether oxygens (including phenoxy) is 1. The summed E-state index contributed by atoms with van der Waals surface area (Å²) in [5.74, 6) is -0.437. The molecular weight excluding hydrogens is 134 g/mol. The van der Waals surface area contributed by atoms with Gasteiger partial charge in [0.15, 0.2) is 0 Å². The summed E-state index contributed by atoms with van der Waals surface area (Å²) in [4.78, 5) is 19.9. The Kier molecular flexibility index (Phi) is 5.04. The Morgan fingerprint density at radius 2 is 2.50 bits per heavy atom. The fourth-order valence-corrected chi connectivity index (χ4v) is 0.324. The molecule has 0 heterocycles. The first-order valence-electron chi connectivity index (χ1n) is 2.65. The van der Waals surface area contributed by atoms with Crippen LogP contribution >= 0.6 is 0 Å². The maximum Gasteiger partial charge on any atom is 0.330 e. The molecule has 0 fully saturated rings. The van der Waals surface area contributed by atoms with E-state index < -0.39 is 5.97 Å². The molecule has 0 saturated carbocycles. The summed E-state index contributed by atoms with van der Waals surface area (Å²) in [5.41, 5.74) is 0. The van der Waals surface area contributed by atoms with Gasteiger partial charge in [0.25, 0.3) is 0 Å². The molecule has 1 amide bonds. The minimum absolute atomic E-state index is 0.290. The van der Waals surface area contributed by atoms with Gasteiger partial charge in [-0.1, -0.05) is 6.08 Å². The number of carbonyl (C=O) groups excluding carboxylic acids is 2. The third-order valence-electron chi connectivity index (χ3n) is 0.747. The van der Waals surface area contributed by atoms with Crippen LogP contribution in [-0.4, -0.2) is 26.0 Å². The molecule has 4 heteroatoms. The van der Waals surface area contributed by atoms with Gasteiger partial charge in [-0.25, -0.2) is 4.79 Å². The van der Waals surface area contributed by atoms with Crippen LogP contribution in [-0.2, 0) is 14.3 Å². The number of carbonyl (C=O) groups is 1. The van der Waals surface area contributed by atoms with Gasteiger partial charge in [0.1, 0.15) is 0 Å². The molecule has 0 unspecified atom stereocenters. The van der Waals surface area contributed by atoms with Gasteiger partial charge in [-0.15, -0.1) is 0 Å². The van der Waals surface area contributed by atoms with E-state index >= 15 is 0 Å². The lowest BCUT2D eigenvalue weighted by molar-refractivity contribution is -0.134. The highest BCUT2D eigenvalue weighted by Crippen LogP contribution is 1.75. The molecule has 0 aromatic carbocycles. The number of methoxy groups -OCH3 is 1. The van der Waals surface area contributed by atoms with E-state index in [0.29, 0.717) is 6.54 Å². The van der Waals surface area contributed by atoms with Crippen molar-refractivity contribution in [2.75, 3.05) is 13.7 Å². The van der Waals surface area contributed by atoms with Crippen molar-refractivity contribution in [1.82, 2.24) is 5.32 Å². The minimum Gasteiger partial charge on any atom is -0.466 e. The van der Waals surface area contributed by atoms with Crippen LogP contribution in [0.25, 0.3) is 0 Å². The highest BCUT2D eigenvalue weighted by atomic mass is 16.5. The van der Waals surface area contributed by atoms with Crippen molar-refractivity contribution in [3.8, 4) is 0 Å². The van der Waals surface area contributed by atoms with E-state index in [9.17, 15) is 9.59 Å². The van der Waals surface area contributed by atoms with Crippen LogP contribution in [0, 0.1) is 0 Å². The Balaban J connectivity index is 3.35. The van der Waals surface area contributed by atoms with Crippen LogP contribution in [0.3, 0.4) is 0 Å². The average molecular weight is 142 g/mol. The van der Waals surface area contributed by atoms with Crippen LogP contribution in [0.1, 0.15) is 0 Å². The van der Waals surface area contributed by atoms with E-state index in [4.69, 9.17) is 0 Å². The van der Waals surface area contributed by atoms with Gasteiger partial charge >= 0.3 is 12.4 Å². The molecule has 1 radical (unpaired) electrons. The van der Waals surface area contributed by atoms with Crippen LogP contribution in [0.5, 0.6) is 0 Å². The molecule has 0 rings (SSSR count). The molecule has 10 heavy (non-hydrogen) atoms. The number of hydrogen-bond donors (Lipinski definition) is 1. The van der Waals surface area contributed by atoms with Crippen LogP contribution in [0.4, 0.5) is 0 Å². The SMILES string of the molecule is COC(=O)/C=C/CN[C]=O.